The fourth-order valence-corrected chi connectivity index (χ4v) is 2.64. The lowest BCUT2D eigenvalue weighted by atomic mass is 10.2. The van der Waals surface area contributed by atoms with Crippen LogP contribution in [0.2, 0.25) is 0 Å². The Kier molecular flexibility index (Phi) is 8.69. The summed E-state index contributed by atoms with van der Waals surface area (Å²) in [4.78, 5) is 4.67. The Labute approximate surface area is 145 Å². The van der Waals surface area contributed by atoms with Gasteiger partial charge in [-0.05, 0) is 38.1 Å². The molecule has 0 spiro atoms. The van der Waals surface area contributed by atoms with Crippen molar-refractivity contribution < 1.29 is 14.6 Å². The van der Waals surface area contributed by atoms with Crippen molar-refractivity contribution in [1.82, 2.24) is 4.90 Å². The number of hydrogen-bond acceptors (Lipinski definition) is 5. The summed E-state index contributed by atoms with van der Waals surface area (Å²) in [6.07, 6.45) is -0.239. The van der Waals surface area contributed by atoms with Crippen LogP contribution in [0.3, 0.4) is 0 Å². The van der Waals surface area contributed by atoms with E-state index < -0.39 is 6.10 Å². The van der Waals surface area contributed by atoms with E-state index in [1.54, 1.807) is 7.11 Å². The summed E-state index contributed by atoms with van der Waals surface area (Å²) in [5.74, 6) is 0.885. The molecule has 1 aliphatic heterocycles. The summed E-state index contributed by atoms with van der Waals surface area (Å²) < 4.78 is 10.6. The highest BCUT2D eigenvalue weighted by Crippen LogP contribution is 2.20. The van der Waals surface area contributed by atoms with Crippen LogP contribution in [-0.4, -0.2) is 68.7 Å². The monoisotopic (exact) mass is 344 g/mol. The number of aliphatic hydroxyl groups excluding tert-OH is 1. The first-order valence-electron chi connectivity index (χ1n) is 7.99. The van der Waals surface area contributed by atoms with E-state index in [9.17, 15) is 5.11 Å². The lowest BCUT2D eigenvalue weighted by Crippen LogP contribution is -2.49. The molecular formula is C17H29ClN2O3. The molecule has 0 saturated carbocycles. The Hall–Kier alpha value is -1.01. The summed E-state index contributed by atoms with van der Waals surface area (Å²) in [5, 5.41) is 10.00. The molecule has 1 unspecified atom stereocenters. The van der Waals surface area contributed by atoms with Gasteiger partial charge in [0, 0.05) is 38.4 Å². The van der Waals surface area contributed by atoms with Crippen LogP contribution in [-0.2, 0) is 4.74 Å². The summed E-state index contributed by atoms with van der Waals surface area (Å²) in [6.45, 7) is 8.95. The van der Waals surface area contributed by atoms with E-state index in [1.165, 1.54) is 5.69 Å². The van der Waals surface area contributed by atoms with Crippen LogP contribution in [0.15, 0.2) is 24.3 Å². The molecule has 5 nitrogen and oxygen atoms in total. The van der Waals surface area contributed by atoms with Crippen molar-refractivity contribution in [1.29, 1.82) is 0 Å². The smallest absolute Gasteiger partial charge is 0.119 e. The number of hydrogen-bond donors (Lipinski definition) is 1. The molecule has 0 amide bonds. The molecule has 0 bridgehead atoms. The average molecular weight is 345 g/mol. The Balaban J connectivity index is 0.00000264. The van der Waals surface area contributed by atoms with Crippen molar-refractivity contribution in [2.45, 2.75) is 26.1 Å². The fraction of sp³-hybridized carbons (Fsp3) is 0.647. The topological polar surface area (TPSA) is 45.2 Å². The summed E-state index contributed by atoms with van der Waals surface area (Å²) >= 11 is 0. The second kappa shape index (κ2) is 9.98. The first-order valence-corrected chi connectivity index (χ1v) is 7.99. The van der Waals surface area contributed by atoms with Crippen molar-refractivity contribution in [2.24, 2.45) is 0 Å². The zero-order valence-corrected chi connectivity index (χ0v) is 15.1. The Morgan fingerprint density at radius 1 is 1.09 bits per heavy atom. The van der Waals surface area contributed by atoms with Gasteiger partial charge < -0.3 is 19.5 Å². The predicted molar refractivity (Wildman–Crippen MR) is 96.0 cm³/mol. The molecule has 1 saturated heterocycles. The molecular weight excluding hydrogens is 316 g/mol. The lowest BCUT2D eigenvalue weighted by Gasteiger charge is -2.37. The van der Waals surface area contributed by atoms with E-state index in [-0.39, 0.29) is 18.5 Å². The first-order chi connectivity index (χ1) is 10.6. The minimum absolute atomic E-state index is 0. The molecule has 1 aromatic rings. The molecule has 23 heavy (non-hydrogen) atoms. The molecule has 0 radical (unpaired) electrons. The standard InChI is InChI=1S/C17H28N2O3.ClH/c1-14(2)22-13-16(20)12-18-8-10-19(11-9-18)15-4-6-17(21-3)7-5-15;/h4-7,14,16,20H,8-13H2,1-3H3;1H. The van der Waals surface area contributed by atoms with Crippen LogP contribution in [0.5, 0.6) is 5.75 Å². The molecule has 2 rings (SSSR count). The van der Waals surface area contributed by atoms with Gasteiger partial charge in [-0.15, -0.1) is 12.4 Å². The van der Waals surface area contributed by atoms with Crippen molar-refractivity contribution in [3.63, 3.8) is 0 Å². The largest absolute Gasteiger partial charge is 0.497 e. The van der Waals surface area contributed by atoms with Crippen molar-refractivity contribution >= 4 is 18.1 Å². The number of nitrogens with zero attached hydrogens (tertiary/aromatic N) is 2. The van der Waals surface area contributed by atoms with E-state index in [0.29, 0.717) is 13.2 Å². The molecule has 1 aliphatic rings. The van der Waals surface area contributed by atoms with Crippen LogP contribution in [0, 0.1) is 0 Å². The van der Waals surface area contributed by atoms with Gasteiger partial charge in [-0.3, -0.25) is 4.90 Å². The molecule has 1 fully saturated rings. The van der Waals surface area contributed by atoms with Crippen LogP contribution < -0.4 is 9.64 Å². The minimum atomic E-state index is -0.407. The lowest BCUT2D eigenvalue weighted by molar-refractivity contribution is -0.00899. The van der Waals surface area contributed by atoms with Gasteiger partial charge >= 0.3 is 0 Å². The number of anilines is 1. The Morgan fingerprint density at radius 2 is 1.70 bits per heavy atom. The number of halogens is 1. The van der Waals surface area contributed by atoms with Gasteiger partial charge in [0.1, 0.15) is 5.75 Å². The molecule has 0 aromatic heterocycles. The number of aliphatic hydroxyl groups is 1. The fourth-order valence-electron chi connectivity index (χ4n) is 2.64. The summed E-state index contributed by atoms with van der Waals surface area (Å²) in [6, 6.07) is 8.18. The molecule has 132 valence electrons. The van der Waals surface area contributed by atoms with Gasteiger partial charge in [0.15, 0.2) is 0 Å². The zero-order chi connectivity index (χ0) is 15.9. The van der Waals surface area contributed by atoms with E-state index in [1.807, 2.05) is 26.0 Å². The predicted octanol–water partition coefficient (Wildman–Crippen LogP) is 2.02. The molecule has 1 heterocycles. The average Bonchev–Trinajstić information content (AvgIpc) is 2.54. The van der Waals surface area contributed by atoms with E-state index in [2.05, 4.69) is 21.9 Å². The molecule has 1 N–H and O–H groups in total. The highest BCUT2D eigenvalue weighted by atomic mass is 35.5. The van der Waals surface area contributed by atoms with E-state index in [0.717, 1.165) is 31.9 Å². The second-order valence-electron chi connectivity index (χ2n) is 6.02. The second-order valence-corrected chi connectivity index (χ2v) is 6.02. The number of rotatable bonds is 7. The molecule has 1 atom stereocenters. The van der Waals surface area contributed by atoms with Crippen LogP contribution in [0.4, 0.5) is 5.69 Å². The van der Waals surface area contributed by atoms with Crippen LogP contribution in [0.25, 0.3) is 0 Å². The van der Waals surface area contributed by atoms with Crippen LogP contribution >= 0.6 is 12.4 Å². The summed E-state index contributed by atoms with van der Waals surface area (Å²) in [7, 11) is 1.68. The van der Waals surface area contributed by atoms with Gasteiger partial charge in [-0.1, -0.05) is 0 Å². The van der Waals surface area contributed by atoms with E-state index in [4.69, 9.17) is 9.47 Å². The van der Waals surface area contributed by atoms with Crippen LogP contribution in [0.1, 0.15) is 13.8 Å². The van der Waals surface area contributed by atoms with Gasteiger partial charge in [-0.2, -0.15) is 0 Å². The number of ether oxygens (including phenoxy) is 2. The number of β-amino-alcohol motifs (C(OH)–C–C–N with tert-alkyl or cyclic N) is 1. The van der Waals surface area contributed by atoms with E-state index >= 15 is 0 Å². The third kappa shape index (κ3) is 6.55. The Morgan fingerprint density at radius 3 is 2.22 bits per heavy atom. The number of methoxy groups -OCH3 is 1. The summed E-state index contributed by atoms with van der Waals surface area (Å²) in [5.41, 5.74) is 1.23. The SMILES string of the molecule is COc1ccc(N2CCN(CC(O)COC(C)C)CC2)cc1.Cl. The third-order valence-corrected chi connectivity index (χ3v) is 3.90. The van der Waals surface area contributed by atoms with Crippen molar-refractivity contribution in [2.75, 3.05) is 51.3 Å². The maximum absolute atomic E-state index is 10.00. The molecule has 0 aliphatic carbocycles. The molecule has 1 aromatic carbocycles. The zero-order valence-electron chi connectivity index (χ0n) is 14.3. The normalized spacial score (nSPS) is 17.0. The van der Waals surface area contributed by atoms with Crippen molar-refractivity contribution in [3.8, 4) is 5.75 Å². The minimum Gasteiger partial charge on any atom is -0.497 e. The van der Waals surface area contributed by atoms with Gasteiger partial charge in [-0.25, -0.2) is 0 Å². The maximum atomic E-state index is 10.00. The van der Waals surface area contributed by atoms with Gasteiger partial charge in [0.25, 0.3) is 0 Å². The highest BCUT2D eigenvalue weighted by molar-refractivity contribution is 5.85. The molecule has 6 heteroatoms. The van der Waals surface area contributed by atoms with Gasteiger partial charge in [0.2, 0.25) is 0 Å². The quantitative estimate of drug-likeness (QED) is 0.820. The maximum Gasteiger partial charge on any atom is 0.119 e. The van der Waals surface area contributed by atoms with Crippen molar-refractivity contribution in [3.05, 3.63) is 24.3 Å². The number of benzene rings is 1. The highest BCUT2D eigenvalue weighted by Gasteiger charge is 2.19. The first kappa shape index (κ1) is 20.0. The third-order valence-electron chi connectivity index (χ3n) is 3.90. The van der Waals surface area contributed by atoms with Gasteiger partial charge in [0.05, 0.1) is 25.9 Å². The Bertz CT molecular complexity index is 434. The number of piperazine rings is 1.